The fourth-order valence-electron chi connectivity index (χ4n) is 2.79. The zero-order chi connectivity index (χ0) is 15.2. The number of rotatable bonds is 6. The summed E-state index contributed by atoms with van der Waals surface area (Å²) in [4.78, 5) is 11.8. The van der Waals surface area contributed by atoms with Gasteiger partial charge in [0.25, 0.3) is 5.69 Å². The van der Waals surface area contributed by atoms with E-state index in [1.54, 1.807) is 12.1 Å². The third-order valence-corrected chi connectivity index (χ3v) is 3.59. The molecule has 21 heavy (non-hydrogen) atoms. The van der Waals surface area contributed by atoms with Crippen LogP contribution in [0.5, 0.6) is 5.75 Å². The molecule has 1 unspecified atom stereocenters. The molecule has 0 amide bonds. The lowest BCUT2D eigenvalue weighted by atomic mass is 10.2. The molecule has 1 fully saturated rings. The molecule has 0 saturated carbocycles. The van der Waals surface area contributed by atoms with Crippen LogP contribution in [0.1, 0.15) is 20.3 Å². The Morgan fingerprint density at radius 3 is 2.76 bits per heavy atom. The van der Waals surface area contributed by atoms with Crippen LogP contribution in [0.2, 0.25) is 0 Å². The molecule has 1 aliphatic rings. The van der Waals surface area contributed by atoms with Crippen molar-refractivity contribution >= 4 is 5.69 Å². The minimum absolute atomic E-state index is 0.0638. The monoisotopic (exact) mass is 295 g/mol. The van der Waals surface area contributed by atoms with Gasteiger partial charge < -0.3 is 14.4 Å². The third kappa shape index (κ3) is 4.99. The highest BCUT2D eigenvalue weighted by Gasteiger charge is 2.24. The van der Waals surface area contributed by atoms with Crippen LogP contribution in [0.25, 0.3) is 0 Å². The molecular formula is C15H23N2O4+. The highest BCUT2D eigenvalue weighted by atomic mass is 16.6. The van der Waals surface area contributed by atoms with E-state index >= 15 is 0 Å². The molecule has 6 heteroatoms. The van der Waals surface area contributed by atoms with E-state index in [-0.39, 0.29) is 5.69 Å². The number of ether oxygens (including phenoxy) is 2. The summed E-state index contributed by atoms with van der Waals surface area (Å²) in [5.41, 5.74) is 0.0638. The van der Waals surface area contributed by atoms with E-state index in [9.17, 15) is 10.1 Å². The zero-order valence-electron chi connectivity index (χ0n) is 12.6. The Morgan fingerprint density at radius 1 is 1.38 bits per heavy atom. The SMILES string of the molecule is C[C@@H]1C[NH+](CCCOc2cccc([N+](=O)[O-])c2)C[C@H](C)O1. The lowest BCUT2D eigenvalue weighted by Crippen LogP contribution is -3.15. The lowest BCUT2D eigenvalue weighted by molar-refractivity contribution is -0.915. The zero-order valence-corrected chi connectivity index (χ0v) is 12.6. The van der Waals surface area contributed by atoms with Gasteiger partial charge in [0.15, 0.2) is 0 Å². The lowest BCUT2D eigenvalue weighted by Gasteiger charge is -2.32. The summed E-state index contributed by atoms with van der Waals surface area (Å²) in [7, 11) is 0. The fourth-order valence-corrected chi connectivity index (χ4v) is 2.79. The van der Waals surface area contributed by atoms with Crippen LogP contribution in [0.4, 0.5) is 5.69 Å². The number of nitrogens with zero attached hydrogens (tertiary/aromatic N) is 1. The molecule has 1 aromatic carbocycles. The molecule has 0 bridgehead atoms. The van der Waals surface area contributed by atoms with Crippen LogP contribution in [0.15, 0.2) is 24.3 Å². The van der Waals surface area contributed by atoms with Crippen molar-refractivity contribution < 1.29 is 19.3 Å². The standard InChI is InChI=1S/C15H22N2O4/c1-12-10-16(11-13(2)21-12)7-4-8-20-15-6-3-5-14(9-15)17(18)19/h3,5-6,9,12-13H,4,7-8,10-11H2,1-2H3/p+1/t12-,13+. The number of hydrogen-bond donors (Lipinski definition) is 1. The number of non-ortho nitro benzene ring substituents is 1. The molecule has 1 aliphatic heterocycles. The van der Waals surface area contributed by atoms with Crippen LogP contribution in [0, 0.1) is 10.1 Å². The van der Waals surface area contributed by atoms with Gasteiger partial charge in [-0.25, -0.2) is 0 Å². The molecule has 1 saturated heterocycles. The summed E-state index contributed by atoms with van der Waals surface area (Å²) in [5, 5.41) is 10.7. The van der Waals surface area contributed by atoms with Gasteiger partial charge in [0.1, 0.15) is 31.0 Å². The summed E-state index contributed by atoms with van der Waals surface area (Å²) < 4.78 is 11.3. The van der Waals surface area contributed by atoms with E-state index in [1.807, 2.05) is 0 Å². The first kappa shape index (κ1) is 15.7. The molecule has 0 radical (unpaired) electrons. The Hall–Kier alpha value is -1.66. The Kier molecular flexibility index (Phi) is 5.52. The quantitative estimate of drug-likeness (QED) is 0.484. The number of nitro groups is 1. The first-order valence-corrected chi connectivity index (χ1v) is 7.41. The Labute approximate surface area is 124 Å². The summed E-state index contributed by atoms with van der Waals surface area (Å²) in [6.07, 6.45) is 1.54. The smallest absolute Gasteiger partial charge is 0.273 e. The van der Waals surface area contributed by atoms with Gasteiger partial charge in [-0.1, -0.05) is 6.07 Å². The van der Waals surface area contributed by atoms with Gasteiger partial charge in [-0.2, -0.15) is 0 Å². The molecular weight excluding hydrogens is 272 g/mol. The van der Waals surface area contributed by atoms with Crippen molar-refractivity contribution in [3.63, 3.8) is 0 Å². The Balaban J connectivity index is 1.72. The normalized spacial score (nSPS) is 25.5. The van der Waals surface area contributed by atoms with Crippen molar-refractivity contribution in [1.82, 2.24) is 0 Å². The molecule has 0 aromatic heterocycles. The average Bonchev–Trinajstić information content (AvgIpc) is 2.43. The first-order valence-electron chi connectivity index (χ1n) is 7.41. The number of benzene rings is 1. The van der Waals surface area contributed by atoms with Gasteiger partial charge >= 0.3 is 0 Å². The first-order chi connectivity index (χ1) is 10.0. The van der Waals surface area contributed by atoms with Crippen molar-refractivity contribution in [2.45, 2.75) is 32.5 Å². The van der Waals surface area contributed by atoms with Crippen molar-refractivity contribution in [3.05, 3.63) is 34.4 Å². The van der Waals surface area contributed by atoms with E-state index in [1.165, 1.54) is 17.0 Å². The van der Waals surface area contributed by atoms with Crippen LogP contribution < -0.4 is 9.64 Å². The Morgan fingerprint density at radius 2 is 2.10 bits per heavy atom. The van der Waals surface area contributed by atoms with E-state index in [4.69, 9.17) is 9.47 Å². The largest absolute Gasteiger partial charge is 0.493 e. The second-order valence-electron chi connectivity index (χ2n) is 5.62. The highest BCUT2D eigenvalue weighted by molar-refractivity contribution is 5.37. The minimum Gasteiger partial charge on any atom is -0.493 e. The van der Waals surface area contributed by atoms with Crippen molar-refractivity contribution in [3.8, 4) is 5.75 Å². The third-order valence-electron chi connectivity index (χ3n) is 3.59. The van der Waals surface area contributed by atoms with Gasteiger partial charge in [-0.15, -0.1) is 0 Å². The minimum atomic E-state index is -0.409. The van der Waals surface area contributed by atoms with Crippen molar-refractivity contribution in [1.29, 1.82) is 0 Å². The number of hydrogen-bond acceptors (Lipinski definition) is 4. The van der Waals surface area contributed by atoms with Crippen LogP contribution >= 0.6 is 0 Å². The molecule has 0 aliphatic carbocycles. The van der Waals surface area contributed by atoms with Crippen LogP contribution in [-0.2, 0) is 4.74 Å². The van der Waals surface area contributed by atoms with Gasteiger partial charge in [0, 0.05) is 12.5 Å². The molecule has 1 N–H and O–H groups in total. The molecule has 1 aromatic rings. The Bertz CT molecular complexity index is 470. The van der Waals surface area contributed by atoms with Crippen molar-refractivity contribution in [2.24, 2.45) is 0 Å². The summed E-state index contributed by atoms with van der Waals surface area (Å²) in [6.45, 7) is 7.88. The highest BCUT2D eigenvalue weighted by Crippen LogP contribution is 2.18. The van der Waals surface area contributed by atoms with Crippen LogP contribution in [-0.4, -0.2) is 43.4 Å². The fraction of sp³-hybridized carbons (Fsp3) is 0.600. The van der Waals surface area contributed by atoms with E-state index in [0.717, 1.165) is 26.1 Å². The maximum absolute atomic E-state index is 10.7. The summed E-state index contributed by atoms with van der Waals surface area (Å²) in [5.74, 6) is 0.558. The molecule has 6 nitrogen and oxygen atoms in total. The summed E-state index contributed by atoms with van der Waals surface area (Å²) in [6, 6.07) is 6.32. The number of nitro benzene ring substituents is 1. The number of morpholine rings is 1. The summed E-state index contributed by atoms with van der Waals surface area (Å²) >= 11 is 0. The molecule has 3 atom stereocenters. The predicted octanol–water partition coefficient (Wildman–Crippen LogP) is 1.06. The molecule has 116 valence electrons. The van der Waals surface area contributed by atoms with Crippen molar-refractivity contribution in [2.75, 3.05) is 26.2 Å². The van der Waals surface area contributed by atoms with E-state index < -0.39 is 4.92 Å². The predicted molar refractivity (Wildman–Crippen MR) is 78.8 cm³/mol. The second kappa shape index (κ2) is 7.38. The maximum atomic E-state index is 10.7. The van der Waals surface area contributed by atoms with E-state index in [0.29, 0.717) is 24.6 Å². The van der Waals surface area contributed by atoms with Gasteiger partial charge in [0.05, 0.1) is 24.1 Å². The van der Waals surface area contributed by atoms with Gasteiger partial charge in [-0.05, 0) is 19.9 Å². The number of nitrogens with one attached hydrogen (secondary N) is 1. The second-order valence-corrected chi connectivity index (χ2v) is 5.62. The van der Waals surface area contributed by atoms with E-state index in [2.05, 4.69) is 13.8 Å². The van der Waals surface area contributed by atoms with Gasteiger partial charge in [-0.3, -0.25) is 10.1 Å². The topological polar surface area (TPSA) is 66.0 Å². The number of quaternary nitrogens is 1. The van der Waals surface area contributed by atoms with Crippen LogP contribution in [0.3, 0.4) is 0 Å². The maximum Gasteiger partial charge on any atom is 0.273 e. The average molecular weight is 295 g/mol. The van der Waals surface area contributed by atoms with Gasteiger partial charge in [0.2, 0.25) is 0 Å². The molecule has 1 heterocycles. The molecule has 2 rings (SSSR count). The molecule has 0 spiro atoms.